The molecule has 0 saturated heterocycles. The lowest BCUT2D eigenvalue weighted by Gasteiger charge is -2.08. The molecule has 0 spiro atoms. The topological polar surface area (TPSA) is 54.4 Å². The van der Waals surface area contributed by atoms with Crippen molar-refractivity contribution in [3.8, 4) is 0 Å². The highest BCUT2D eigenvalue weighted by Crippen LogP contribution is 2.22. The highest BCUT2D eigenvalue weighted by Gasteiger charge is 2.15. The SMILES string of the molecule is Cc1cc(CS)c(C)c(S(=O)(=O)O)c1. The minimum absolute atomic E-state index is 0.0263. The molecule has 0 unspecified atom stereocenters. The van der Waals surface area contributed by atoms with Crippen molar-refractivity contribution in [2.24, 2.45) is 0 Å². The number of rotatable bonds is 2. The summed E-state index contributed by atoms with van der Waals surface area (Å²) < 4.78 is 31.0. The van der Waals surface area contributed by atoms with Gasteiger partial charge in [0.1, 0.15) is 0 Å². The van der Waals surface area contributed by atoms with E-state index in [1.165, 1.54) is 6.07 Å². The quantitative estimate of drug-likeness (QED) is 0.605. The number of benzene rings is 1. The number of thiol groups is 1. The largest absolute Gasteiger partial charge is 0.294 e. The van der Waals surface area contributed by atoms with Crippen molar-refractivity contribution in [2.75, 3.05) is 0 Å². The first kappa shape index (κ1) is 11.6. The maximum absolute atomic E-state index is 11.0. The van der Waals surface area contributed by atoms with E-state index in [1.807, 2.05) is 6.07 Å². The van der Waals surface area contributed by atoms with Gasteiger partial charge in [0.15, 0.2) is 0 Å². The van der Waals surface area contributed by atoms with Crippen LogP contribution < -0.4 is 0 Å². The van der Waals surface area contributed by atoms with E-state index in [0.717, 1.165) is 11.1 Å². The first-order valence-corrected chi connectivity index (χ1v) is 6.12. The average molecular weight is 232 g/mol. The van der Waals surface area contributed by atoms with E-state index in [4.69, 9.17) is 4.55 Å². The predicted octanol–water partition coefficient (Wildman–Crippen LogP) is 1.98. The van der Waals surface area contributed by atoms with Crippen LogP contribution in [0.1, 0.15) is 16.7 Å². The average Bonchev–Trinajstić information content (AvgIpc) is 2.06. The molecule has 1 aromatic rings. The molecule has 5 heteroatoms. The number of hydrogen-bond donors (Lipinski definition) is 2. The molecule has 1 N–H and O–H groups in total. The molecule has 3 nitrogen and oxygen atoms in total. The lowest BCUT2D eigenvalue weighted by molar-refractivity contribution is 0.482. The molecule has 0 fully saturated rings. The maximum atomic E-state index is 11.0. The van der Waals surface area contributed by atoms with E-state index in [2.05, 4.69) is 12.6 Å². The smallest absolute Gasteiger partial charge is 0.282 e. The molecule has 0 heterocycles. The maximum Gasteiger partial charge on any atom is 0.294 e. The standard InChI is InChI=1S/C9H12O3S2/c1-6-3-8(5-13)7(2)9(4-6)14(10,11)12/h3-4,13H,5H2,1-2H3,(H,10,11,12). The van der Waals surface area contributed by atoms with E-state index in [1.54, 1.807) is 13.8 Å². The van der Waals surface area contributed by atoms with Crippen molar-refractivity contribution < 1.29 is 13.0 Å². The Morgan fingerprint density at radius 3 is 2.36 bits per heavy atom. The van der Waals surface area contributed by atoms with Gasteiger partial charge in [-0.15, -0.1) is 0 Å². The second kappa shape index (κ2) is 3.92. The van der Waals surface area contributed by atoms with Crippen LogP contribution in [0, 0.1) is 13.8 Å². The molecule has 0 bridgehead atoms. The van der Waals surface area contributed by atoms with Crippen LogP contribution in [-0.4, -0.2) is 13.0 Å². The second-order valence-electron chi connectivity index (χ2n) is 3.18. The van der Waals surface area contributed by atoms with Gasteiger partial charge in [-0.25, -0.2) is 0 Å². The third kappa shape index (κ3) is 2.29. The zero-order valence-corrected chi connectivity index (χ0v) is 9.69. The van der Waals surface area contributed by atoms with Crippen LogP contribution in [0.2, 0.25) is 0 Å². The fourth-order valence-corrected chi connectivity index (χ4v) is 2.51. The molecule has 0 amide bonds. The molecular weight excluding hydrogens is 220 g/mol. The van der Waals surface area contributed by atoms with Crippen molar-refractivity contribution in [1.29, 1.82) is 0 Å². The summed E-state index contributed by atoms with van der Waals surface area (Å²) in [6.45, 7) is 3.44. The molecule has 0 atom stereocenters. The van der Waals surface area contributed by atoms with E-state index >= 15 is 0 Å². The molecule has 0 radical (unpaired) electrons. The minimum Gasteiger partial charge on any atom is -0.282 e. The fraction of sp³-hybridized carbons (Fsp3) is 0.333. The molecular formula is C9H12O3S2. The number of hydrogen-bond acceptors (Lipinski definition) is 3. The van der Waals surface area contributed by atoms with E-state index < -0.39 is 10.1 Å². The number of aryl methyl sites for hydroxylation is 1. The summed E-state index contributed by atoms with van der Waals surface area (Å²) in [5.74, 6) is 0.454. The van der Waals surface area contributed by atoms with Crippen LogP contribution in [0.15, 0.2) is 17.0 Å². The Kier molecular flexibility index (Phi) is 3.24. The summed E-state index contributed by atoms with van der Waals surface area (Å²) in [4.78, 5) is -0.0263. The van der Waals surface area contributed by atoms with Gasteiger partial charge in [-0.05, 0) is 36.6 Å². The Bertz CT molecular complexity index is 449. The highest BCUT2D eigenvalue weighted by molar-refractivity contribution is 7.85. The summed E-state index contributed by atoms with van der Waals surface area (Å²) in [5.41, 5.74) is 2.18. The first-order chi connectivity index (χ1) is 6.36. The van der Waals surface area contributed by atoms with Crippen molar-refractivity contribution in [3.05, 3.63) is 28.8 Å². The van der Waals surface area contributed by atoms with Gasteiger partial charge in [0.2, 0.25) is 0 Å². The van der Waals surface area contributed by atoms with Gasteiger partial charge in [-0.3, -0.25) is 4.55 Å². The molecule has 78 valence electrons. The first-order valence-electron chi connectivity index (χ1n) is 4.04. The Balaban J connectivity index is 3.53. The van der Waals surface area contributed by atoms with Crippen molar-refractivity contribution in [1.82, 2.24) is 0 Å². The highest BCUT2D eigenvalue weighted by atomic mass is 32.2. The summed E-state index contributed by atoms with van der Waals surface area (Å²) >= 11 is 4.09. The lowest BCUT2D eigenvalue weighted by Crippen LogP contribution is -2.03. The van der Waals surface area contributed by atoms with Crippen LogP contribution in [-0.2, 0) is 15.9 Å². The molecule has 0 aromatic heterocycles. The summed E-state index contributed by atoms with van der Waals surface area (Å²) in [6.07, 6.45) is 0. The van der Waals surface area contributed by atoms with Crippen molar-refractivity contribution in [2.45, 2.75) is 24.5 Å². The third-order valence-electron chi connectivity index (χ3n) is 2.06. The van der Waals surface area contributed by atoms with Crippen LogP contribution in [0.25, 0.3) is 0 Å². The Hall–Kier alpha value is -0.520. The van der Waals surface area contributed by atoms with Crippen LogP contribution in [0.5, 0.6) is 0 Å². The van der Waals surface area contributed by atoms with Crippen LogP contribution in [0.4, 0.5) is 0 Å². The molecule has 0 aliphatic carbocycles. The Morgan fingerprint density at radius 2 is 1.93 bits per heavy atom. The van der Waals surface area contributed by atoms with Gasteiger partial charge in [0.25, 0.3) is 10.1 Å². The molecule has 14 heavy (non-hydrogen) atoms. The van der Waals surface area contributed by atoms with E-state index in [9.17, 15) is 8.42 Å². The fourth-order valence-electron chi connectivity index (χ4n) is 1.33. The minimum atomic E-state index is -4.12. The van der Waals surface area contributed by atoms with Crippen LogP contribution >= 0.6 is 12.6 Å². The summed E-state index contributed by atoms with van der Waals surface area (Å²) in [6, 6.07) is 3.31. The zero-order chi connectivity index (χ0) is 10.9. The van der Waals surface area contributed by atoms with E-state index in [0.29, 0.717) is 11.3 Å². The van der Waals surface area contributed by atoms with Gasteiger partial charge in [-0.2, -0.15) is 21.0 Å². The monoisotopic (exact) mass is 232 g/mol. The Morgan fingerprint density at radius 1 is 1.36 bits per heavy atom. The molecule has 1 aromatic carbocycles. The van der Waals surface area contributed by atoms with E-state index in [-0.39, 0.29) is 4.90 Å². The van der Waals surface area contributed by atoms with Gasteiger partial charge >= 0.3 is 0 Å². The van der Waals surface area contributed by atoms with Crippen LogP contribution in [0.3, 0.4) is 0 Å². The lowest BCUT2D eigenvalue weighted by atomic mass is 10.1. The summed E-state index contributed by atoms with van der Waals surface area (Å²) in [5, 5.41) is 0. The molecule has 0 saturated carbocycles. The molecule has 1 rings (SSSR count). The molecule has 0 aliphatic heterocycles. The second-order valence-corrected chi connectivity index (χ2v) is 4.89. The van der Waals surface area contributed by atoms with Gasteiger partial charge in [-0.1, -0.05) is 6.07 Å². The van der Waals surface area contributed by atoms with Gasteiger partial charge in [0, 0.05) is 5.75 Å². The zero-order valence-electron chi connectivity index (χ0n) is 7.98. The van der Waals surface area contributed by atoms with Crippen molar-refractivity contribution >= 4 is 22.7 Å². The summed E-state index contributed by atoms with van der Waals surface area (Å²) in [7, 11) is -4.12. The normalized spacial score (nSPS) is 11.7. The predicted molar refractivity (Wildman–Crippen MR) is 58.4 cm³/mol. The Labute approximate surface area is 89.3 Å². The third-order valence-corrected chi connectivity index (χ3v) is 3.38. The van der Waals surface area contributed by atoms with Crippen molar-refractivity contribution in [3.63, 3.8) is 0 Å². The van der Waals surface area contributed by atoms with Gasteiger partial charge < -0.3 is 0 Å². The molecule has 0 aliphatic rings. The van der Waals surface area contributed by atoms with Gasteiger partial charge in [0.05, 0.1) is 4.90 Å².